The highest BCUT2D eigenvalue weighted by atomic mass is 16.4. The fraction of sp³-hybridized carbons (Fsp3) is 0.0909. The lowest BCUT2D eigenvalue weighted by Gasteiger charge is -1.93. The number of hydrogen-bond acceptors (Lipinski definition) is 3. The van der Waals surface area contributed by atoms with E-state index in [2.05, 4.69) is 4.98 Å². The first-order chi connectivity index (χ1) is 7.75. The van der Waals surface area contributed by atoms with Crippen molar-refractivity contribution in [3.8, 4) is 5.88 Å². The summed E-state index contributed by atoms with van der Waals surface area (Å²) in [6, 6.07) is 3.57. The van der Waals surface area contributed by atoms with Crippen molar-refractivity contribution >= 4 is 12.0 Å². The molecule has 2 rings (SSSR count). The summed E-state index contributed by atoms with van der Waals surface area (Å²) in [5, 5.41) is 8.45. The van der Waals surface area contributed by atoms with E-state index in [9.17, 15) is 4.79 Å². The number of carboxylic acid groups (broad SMARTS) is 1. The molecule has 0 aliphatic carbocycles. The maximum Gasteiger partial charge on any atom is 0.307 e. The van der Waals surface area contributed by atoms with Crippen LogP contribution in [0.2, 0.25) is 0 Å². The number of carbonyl (C=O) groups is 1. The van der Waals surface area contributed by atoms with E-state index in [1.165, 1.54) is 0 Å². The van der Waals surface area contributed by atoms with E-state index in [4.69, 9.17) is 9.52 Å². The first-order valence-electron chi connectivity index (χ1n) is 4.72. The van der Waals surface area contributed by atoms with Crippen molar-refractivity contribution in [2.45, 2.75) is 6.42 Å². The van der Waals surface area contributed by atoms with Crippen LogP contribution in [0.25, 0.3) is 12.0 Å². The van der Waals surface area contributed by atoms with E-state index >= 15 is 0 Å². The predicted molar refractivity (Wildman–Crippen MR) is 57.1 cm³/mol. The second-order valence-corrected chi connectivity index (χ2v) is 3.15. The van der Waals surface area contributed by atoms with Gasteiger partial charge < -0.3 is 9.52 Å². The minimum Gasteiger partial charge on any atom is -0.481 e. The molecule has 2 aromatic heterocycles. The monoisotopic (exact) mass is 218 g/mol. The molecule has 0 spiro atoms. The predicted octanol–water partition coefficient (Wildman–Crippen LogP) is 1.95. The molecule has 16 heavy (non-hydrogen) atoms. The summed E-state index contributed by atoms with van der Waals surface area (Å²) >= 11 is 0. The van der Waals surface area contributed by atoms with E-state index in [1.54, 1.807) is 47.6 Å². The molecule has 0 saturated heterocycles. The molecular formula is C11H10N2O3. The highest BCUT2D eigenvalue weighted by molar-refractivity contribution is 5.70. The summed E-state index contributed by atoms with van der Waals surface area (Å²) < 4.78 is 7.18. The van der Waals surface area contributed by atoms with Crippen LogP contribution in [0, 0.1) is 0 Å². The van der Waals surface area contributed by atoms with E-state index in [1.807, 2.05) is 0 Å². The molecule has 0 radical (unpaired) electrons. The van der Waals surface area contributed by atoms with Crippen molar-refractivity contribution in [1.29, 1.82) is 0 Å². The zero-order valence-electron chi connectivity index (χ0n) is 8.41. The lowest BCUT2D eigenvalue weighted by molar-refractivity contribution is -0.135. The van der Waals surface area contributed by atoms with Gasteiger partial charge >= 0.3 is 5.97 Å². The maximum absolute atomic E-state index is 10.3. The highest BCUT2D eigenvalue weighted by Crippen LogP contribution is 2.13. The van der Waals surface area contributed by atoms with Gasteiger partial charge in [-0.05, 0) is 12.1 Å². The Morgan fingerprint density at radius 2 is 2.44 bits per heavy atom. The van der Waals surface area contributed by atoms with Gasteiger partial charge in [0.25, 0.3) is 0 Å². The number of aromatic nitrogens is 2. The molecule has 0 saturated carbocycles. The Morgan fingerprint density at radius 3 is 3.12 bits per heavy atom. The molecule has 0 bridgehead atoms. The Morgan fingerprint density at radius 1 is 1.56 bits per heavy atom. The van der Waals surface area contributed by atoms with Crippen LogP contribution in [0.15, 0.2) is 41.3 Å². The third-order valence-electron chi connectivity index (χ3n) is 1.95. The molecule has 1 N–H and O–H groups in total. The van der Waals surface area contributed by atoms with Crippen LogP contribution in [-0.2, 0) is 4.79 Å². The van der Waals surface area contributed by atoms with Gasteiger partial charge in [0.2, 0.25) is 5.88 Å². The molecule has 0 fully saturated rings. The standard InChI is InChI=1S/C11H10N2O3/c14-11(15)3-1-2-9-4-5-10(16-9)13-7-6-12-8-13/h1-2,4-8H,3H2,(H,14,15)/b2-1+. The average Bonchev–Trinajstić information content (AvgIpc) is 2.85. The summed E-state index contributed by atoms with van der Waals surface area (Å²) in [6.45, 7) is 0. The second kappa shape index (κ2) is 4.48. The molecule has 0 amide bonds. The van der Waals surface area contributed by atoms with Gasteiger partial charge in [0.05, 0.1) is 6.42 Å². The number of aliphatic carboxylic acids is 1. The first-order valence-corrected chi connectivity index (χ1v) is 4.72. The van der Waals surface area contributed by atoms with Crippen molar-refractivity contribution in [1.82, 2.24) is 9.55 Å². The summed E-state index contributed by atoms with van der Waals surface area (Å²) in [7, 11) is 0. The van der Waals surface area contributed by atoms with Gasteiger partial charge in [0.1, 0.15) is 12.1 Å². The van der Waals surface area contributed by atoms with Crippen molar-refractivity contribution < 1.29 is 14.3 Å². The Hall–Kier alpha value is -2.30. The van der Waals surface area contributed by atoms with E-state index < -0.39 is 5.97 Å². The molecule has 5 nitrogen and oxygen atoms in total. The molecule has 82 valence electrons. The molecular weight excluding hydrogens is 208 g/mol. The van der Waals surface area contributed by atoms with E-state index in [-0.39, 0.29) is 6.42 Å². The van der Waals surface area contributed by atoms with Crippen LogP contribution in [0.1, 0.15) is 12.2 Å². The summed E-state index contributed by atoms with van der Waals surface area (Å²) in [5.41, 5.74) is 0. The van der Waals surface area contributed by atoms with Crippen LogP contribution >= 0.6 is 0 Å². The third kappa shape index (κ3) is 2.38. The summed E-state index contributed by atoms with van der Waals surface area (Å²) in [5.74, 6) is 0.398. The van der Waals surface area contributed by atoms with E-state index in [0.29, 0.717) is 11.6 Å². The first kappa shape index (κ1) is 10.2. The van der Waals surface area contributed by atoms with Crippen LogP contribution in [0.5, 0.6) is 0 Å². The number of nitrogens with zero attached hydrogens (tertiary/aromatic N) is 2. The minimum atomic E-state index is -0.863. The van der Waals surface area contributed by atoms with Crippen molar-refractivity contribution in [2.75, 3.05) is 0 Å². The number of hydrogen-bond donors (Lipinski definition) is 1. The van der Waals surface area contributed by atoms with Gasteiger partial charge in [0.15, 0.2) is 0 Å². The molecule has 0 unspecified atom stereocenters. The van der Waals surface area contributed by atoms with Gasteiger partial charge in [-0.3, -0.25) is 9.36 Å². The van der Waals surface area contributed by atoms with Crippen LogP contribution in [0.3, 0.4) is 0 Å². The third-order valence-corrected chi connectivity index (χ3v) is 1.95. The average molecular weight is 218 g/mol. The minimum absolute atomic E-state index is 0.0128. The lowest BCUT2D eigenvalue weighted by atomic mass is 10.3. The van der Waals surface area contributed by atoms with Crippen LogP contribution < -0.4 is 0 Å². The number of furan rings is 1. The maximum atomic E-state index is 10.3. The zero-order valence-corrected chi connectivity index (χ0v) is 8.41. The Bertz CT molecular complexity index is 497. The van der Waals surface area contributed by atoms with Crippen LogP contribution in [0.4, 0.5) is 0 Å². The largest absolute Gasteiger partial charge is 0.481 e. The molecule has 0 aliphatic heterocycles. The fourth-order valence-electron chi connectivity index (χ4n) is 1.24. The number of carboxylic acids is 1. The molecule has 2 heterocycles. The zero-order chi connectivity index (χ0) is 11.4. The molecule has 0 atom stereocenters. The molecule has 5 heteroatoms. The van der Waals surface area contributed by atoms with E-state index in [0.717, 1.165) is 0 Å². The Balaban J connectivity index is 2.08. The Kier molecular flexibility index (Phi) is 2.86. The number of rotatable bonds is 4. The Labute approximate surface area is 91.6 Å². The molecule has 2 aromatic rings. The molecule has 0 aliphatic rings. The van der Waals surface area contributed by atoms with Gasteiger partial charge in [-0.1, -0.05) is 6.08 Å². The van der Waals surface area contributed by atoms with Gasteiger partial charge in [-0.15, -0.1) is 0 Å². The topological polar surface area (TPSA) is 68.3 Å². The summed E-state index contributed by atoms with van der Waals surface area (Å²) in [6.07, 6.45) is 8.21. The number of imidazole rings is 1. The molecule has 0 aromatic carbocycles. The van der Waals surface area contributed by atoms with Crippen molar-refractivity contribution in [3.63, 3.8) is 0 Å². The lowest BCUT2D eigenvalue weighted by Crippen LogP contribution is -1.89. The fourth-order valence-corrected chi connectivity index (χ4v) is 1.24. The van der Waals surface area contributed by atoms with Gasteiger partial charge in [-0.25, -0.2) is 4.98 Å². The van der Waals surface area contributed by atoms with Gasteiger partial charge in [-0.2, -0.15) is 0 Å². The van der Waals surface area contributed by atoms with Crippen LogP contribution in [-0.4, -0.2) is 20.6 Å². The summed E-state index contributed by atoms with van der Waals surface area (Å²) in [4.78, 5) is 14.2. The SMILES string of the molecule is O=C(O)C/C=C/c1ccc(-n2ccnc2)o1. The van der Waals surface area contributed by atoms with Gasteiger partial charge in [0, 0.05) is 18.5 Å². The van der Waals surface area contributed by atoms with Crippen molar-refractivity contribution in [2.24, 2.45) is 0 Å². The second-order valence-electron chi connectivity index (χ2n) is 3.15. The normalized spacial score (nSPS) is 11.0. The van der Waals surface area contributed by atoms with Crippen molar-refractivity contribution in [3.05, 3.63) is 42.7 Å². The quantitative estimate of drug-likeness (QED) is 0.851. The highest BCUT2D eigenvalue weighted by Gasteiger charge is 2.00. The smallest absolute Gasteiger partial charge is 0.307 e.